The first-order valence-corrected chi connectivity index (χ1v) is 11.0. The highest BCUT2D eigenvalue weighted by molar-refractivity contribution is 7.89. The molecule has 1 heterocycles. The third-order valence-electron chi connectivity index (χ3n) is 4.78. The molecule has 6 nitrogen and oxygen atoms in total. The minimum Gasteiger partial charge on any atom is -0.489 e. The highest BCUT2D eigenvalue weighted by Crippen LogP contribution is 2.35. The van der Waals surface area contributed by atoms with E-state index in [1.807, 2.05) is 19.1 Å². The predicted molar refractivity (Wildman–Crippen MR) is 110 cm³/mol. The zero-order valence-corrected chi connectivity index (χ0v) is 17.6. The van der Waals surface area contributed by atoms with Gasteiger partial charge >= 0.3 is 0 Å². The lowest BCUT2D eigenvalue weighted by atomic mass is 10.1. The van der Waals surface area contributed by atoms with Gasteiger partial charge in [0.25, 0.3) is 5.91 Å². The average molecular weight is 423 g/mol. The second kappa shape index (κ2) is 8.11. The maximum atomic E-state index is 13.4. The summed E-state index contributed by atoms with van der Waals surface area (Å²) >= 11 is 6.30. The summed E-state index contributed by atoms with van der Waals surface area (Å²) < 4.78 is 32.8. The summed E-state index contributed by atoms with van der Waals surface area (Å²) in [5, 5.41) is 0.208. The first kappa shape index (κ1) is 20.6. The maximum Gasteiger partial charge on any atom is 0.260 e. The van der Waals surface area contributed by atoms with E-state index in [1.165, 1.54) is 22.5 Å². The molecule has 0 saturated carbocycles. The maximum absolute atomic E-state index is 13.4. The first-order valence-electron chi connectivity index (χ1n) is 9.16. The number of ether oxygens (including phenoxy) is 1. The fourth-order valence-corrected chi connectivity index (χ4v) is 4.96. The second-order valence-electron chi connectivity index (χ2n) is 6.53. The molecule has 1 amide bonds. The predicted octanol–water partition coefficient (Wildman–Crippen LogP) is 3.80. The van der Waals surface area contributed by atoms with Crippen molar-refractivity contribution >= 4 is 33.2 Å². The van der Waals surface area contributed by atoms with E-state index in [2.05, 4.69) is 0 Å². The van der Waals surface area contributed by atoms with Gasteiger partial charge in [0.15, 0.2) is 0 Å². The fraction of sp³-hybridized carbons (Fsp3) is 0.350. The van der Waals surface area contributed by atoms with Gasteiger partial charge in [0.1, 0.15) is 12.4 Å². The van der Waals surface area contributed by atoms with E-state index >= 15 is 0 Å². The number of hydrogen-bond acceptors (Lipinski definition) is 4. The van der Waals surface area contributed by atoms with Crippen molar-refractivity contribution < 1.29 is 17.9 Å². The Hall–Kier alpha value is -2.09. The van der Waals surface area contributed by atoms with Crippen LogP contribution in [0.3, 0.4) is 0 Å². The van der Waals surface area contributed by atoms with Crippen LogP contribution in [0, 0.1) is 0 Å². The van der Waals surface area contributed by atoms with Crippen molar-refractivity contribution in [2.45, 2.75) is 31.7 Å². The lowest BCUT2D eigenvalue weighted by Crippen LogP contribution is -2.45. The lowest BCUT2D eigenvalue weighted by Gasteiger charge is -2.35. The summed E-state index contributed by atoms with van der Waals surface area (Å²) in [7, 11) is -3.70. The van der Waals surface area contributed by atoms with E-state index in [0.29, 0.717) is 31.1 Å². The molecule has 0 spiro atoms. The molecule has 1 aliphatic rings. The average Bonchev–Trinajstić information content (AvgIpc) is 2.68. The topological polar surface area (TPSA) is 66.9 Å². The molecule has 0 aliphatic carbocycles. The van der Waals surface area contributed by atoms with Crippen LogP contribution in [0.2, 0.25) is 5.02 Å². The standard InChI is InChI=1S/C20H23ClN2O4S/c1-4-22(5-2)28(25,26)15-10-11-17(21)16(12-15)20(24)23-14(3)13-27-19-9-7-6-8-18(19)23/h6-12,14H,4-5,13H2,1-3H3/t14-/m0/s1. The van der Waals surface area contributed by atoms with Gasteiger partial charge in [-0.05, 0) is 37.3 Å². The normalized spacial score (nSPS) is 16.6. The van der Waals surface area contributed by atoms with Crippen LogP contribution in [0.25, 0.3) is 0 Å². The minimum absolute atomic E-state index is 0.0538. The minimum atomic E-state index is -3.70. The van der Waals surface area contributed by atoms with Gasteiger partial charge in [-0.3, -0.25) is 9.69 Å². The molecule has 2 aromatic carbocycles. The number of nitrogens with zero attached hydrogens (tertiary/aromatic N) is 2. The van der Waals surface area contributed by atoms with Crippen LogP contribution >= 0.6 is 11.6 Å². The van der Waals surface area contributed by atoms with Crippen LogP contribution in [0.4, 0.5) is 5.69 Å². The van der Waals surface area contributed by atoms with Crippen molar-refractivity contribution in [3.8, 4) is 5.75 Å². The molecule has 0 aromatic heterocycles. The Kier molecular flexibility index (Phi) is 5.98. The number of fused-ring (bicyclic) bond motifs is 1. The highest BCUT2D eigenvalue weighted by Gasteiger charge is 2.32. The van der Waals surface area contributed by atoms with E-state index in [9.17, 15) is 13.2 Å². The summed E-state index contributed by atoms with van der Waals surface area (Å²) in [6, 6.07) is 11.3. The molecule has 0 fully saturated rings. The number of rotatable bonds is 5. The third kappa shape index (κ3) is 3.62. The Bertz CT molecular complexity index is 989. The molecule has 1 aliphatic heterocycles. The quantitative estimate of drug-likeness (QED) is 0.735. The first-order chi connectivity index (χ1) is 13.3. The molecule has 28 heavy (non-hydrogen) atoms. The van der Waals surface area contributed by atoms with E-state index in [1.54, 1.807) is 30.9 Å². The fourth-order valence-electron chi connectivity index (χ4n) is 3.28. The van der Waals surface area contributed by atoms with E-state index < -0.39 is 10.0 Å². The Balaban J connectivity index is 2.06. The number of anilines is 1. The van der Waals surface area contributed by atoms with Crippen molar-refractivity contribution in [2.24, 2.45) is 0 Å². The third-order valence-corrected chi connectivity index (χ3v) is 7.15. The number of hydrogen-bond donors (Lipinski definition) is 0. The van der Waals surface area contributed by atoms with Crippen LogP contribution in [0.1, 0.15) is 31.1 Å². The number of para-hydroxylation sites is 2. The van der Waals surface area contributed by atoms with E-state index in [0.717, 1.165) is 0 Å². The smallest absolute Gasteiger partial charge is 0.260 e. The van der Waals surface area contributed by atoms with Crippen LogP contribution in [-0.2, 0) is 10.0 Å². The van der Waals surface area contributed by atoms with Gasteiger partial charge in [0.05, 0.1) is 27.2 Å². The highest BCUT2D eigenvalue weighted by atomic mass is 35.5. The van der Waals surface area contributed by atoms with Gasteiger partial charge in [0, 0.05) is 13.1 Å². The van der Waals surface area contributed by atoms with Crippen molar-refractivity contribution in [3.63, 3.8) is 0 Å². The van der Waals surface area contributed by atoms with Gasteiger partial charge in [-0.15, -0.1) is 0 Å². The molecule has 0 bridgehead atoms. The Morgan fingerprint density at radius 3 is 2.57 bits per heavy atom. The number of sulfonamides is 1. The lowest BCUT2D eigenvalue weighted by molar-refractivity contribution is 0.0961. The monoisotopic (exact) mass is 422 g/mol. The van der Waals surface area contributed by atoms with Crippen molar-refractivity contribution in [3.05, 3.63) is 53.1 Å². The van der Waals surface area contributed by atoms with Crippen molar-refractivity contribution in [1.29, 1.82) is 0 Å². The van der Waals surface area contributed by atoms with Crippen LogP contribution in [0.5, 0.6) is 5.75 Å². The Morgan fingerprint density at radius 2 is 1.89 bits per heavy atom. The SMILES string of the molecule is CCN(CC)S(=O)(=O)c1ccc(Cl)c(C(=O)N2c3ccccc3OC[C@@H]2C)c1. The number of benzene rings is 2. The summed E-state index contributed by atoms with van der Waals surface area (Å²) in [6.45, 7) is 6.46. The van der Waals surface area contributed by atoms with Crippen LogP contribution < -0.4 is 9.64 Å². The molecule has 0 unspecified atom stereocenters. The largest absolute Gasteiger partial charge is 0.489 e. The summed E-state index contributed by atoms with van der Waals surface area (Å²) in [5.74, 6) is 0.252. The molecule has 8 heteroatoms. The van der Waals surface area contributed by atoms with Gasteiger partial charge in [0.2, 0.25) is 10.0 Å². The molecular formula is C20H23ClN2O4S. The number of amides is 1. The zero-order valence-electron chi connectivity index (χ0n) is 16.1. The van der Waals surface area contributed by atoms with Gasteiger partial charge in [-0.1, -0.05) is 37.6 Å². The van der Waals surface area contributed by atoms with E-state index in [4.69, 9.17) is 16.3 Å². The Labute approximate surface area is 170 Å². The molecule has 0 radical (unpaired) electrons. The number of carbonyl (C=O) groups excluding carboxylic acids is 1. The van der Waals surface area contributed by atoms with Crippen molar-refractivity contribution in [1.82, 2.24) is 4.31 Å². The molecule has 0 saturated heterocycles. The zero-order chi connectivity index (χ0) is 20.5. The van der Waals surface area contributed by atoms with Crippen molar-refractivity contribution in [2.75, 3.05) is 24.6 Å². The molecule has 150 valence electrons. The molecule has 2 aromatic rings. The summed E-state index contributed by atoms with van der Waals surface area (Å²) in [5.41, 5.74) is 0.790. The summed E-state index contributed by atoms with van der Waals surface area (Å²) in [6.07, 6.45) is 0. The van der Waals surface area contributed by atoms with Gasteiger partial charge in [-0.2, -0.15) is 4.31 Å². The van der Waals surface area contributed by atoms with Crippen LogP contribution in [0.15, 0.2) is 47.4 Å². The molecular weight excluding hydrogens is 400 g/mol. The summed E-state index contributed by atoms with van der Waals surface area (Å²) in [4.78, 5) is 15.0. The van der Waals surface area contributed by atoms with Gasteiger partial charge in [-0.25, -0.2) is 8.42 Å². The molecule has 1 atom stereocenters. The van der Waals surface area contributed by atoms with Gasteiger partial charge < -0.3 is 4.74 Å². The molecule has 0 N–H and O–H groups in total. The molecule has 3 rings (SSSR count). The van der Waals surface area contributed by atoms with E-state index in [-0.39, 0.29) is 27.4 Å². The Morgan fingerprint density at radius 1 is 1.21 bits per heavy atom. The number of halogens is 1. The second-order valence-corrected chi connectivity index (χ2v) is 8.88. The number of carbonyl (C=O) groups is 1. The van der Waals surface area contributed by atoms with Crippen LogP contribution in [-0.4, -0.2) is 44.4 Å².